The lowest BCUT2D eigenvalue weighted by Gasteiger charge is -2.13. The van der Waals surface area contributed by atoms with E-state index in [9.17, 15) is 8.78 Å². The third kappa shape index (κ3) is 5.72. The molecule has 0 spiro atoms. The Bertz CT molecular complexity index is 780. The molecule has 0 aliphatic heterocycles. The molecule has 0 aromatic heterocycles. The highest BCUT2D eigenvalue weighted by Crippen LogP contribution is 2.24. The minimum Gasteiger partial charge on any atom is -0.485 e. The smallest absolute Gasteiger partial charge is 0.162 e. The lowest BCUT2D eigenvalue weighted by atomic mass is 10.1. The Morgan fingerprint density at radius 3 is 2.52 bits per heavy atom. The summed E-state index contributed by atoms with van der Waals surface area (Å²) in [6.45, 7) is 10.9. The molecule has 2 N–H and O–H groups in total. The molecule has 0 aliphatic rings. The predicted molar refractivity (Wildman–Crippen MR) is 99.4 cm³/mol. The molecular weight excluding hydrogens is 346 g/mol. The van der Waals surface area contributed by atoms with Gasteiger partial charge in [-0.1, -0.05) is 49.6 Å². The molecule has 0 saturated heterocycles. The van der Waals surface area contributed by atoms with E-state index in [4.69, 9.17) is 22.1 Å². The number of aliphatic imine (C=N–C) groups is 1. The Balaban J connectivity index is 3.06. The van der Waals surface area contributed by atoms with Crippen LogP contribution in [0.1, 0.15) is 5.56 Å². The molecule has 0 saturated carbocycles. The SMILES string of the molecule is C=C/C=C\C(=C)C(=C)/C=C(OCc1c(F)ccc(F)c1Cl)\C(N)=N/C. The Morgan fingerprint density at radius 2 is 1.92 bits per heavy atom. The molecule has 0 aliphatic carbocycles. The van der Waals surface area contributed by atoms with Gasteiger partial charge in [0.05, 0.1) is 5.02 Å². The van der Waals surface area contributed by atoms with Gasteiger partial charge in [-0.3, -0.25) is 4.99 Å². The molecule has 1 aromatic rings. The second-order valence-electron chi connectivity index (χ2n) is 4.87. The lowest BCUT2D eigenvalue weighted by Crippen LogP contribution is -2.17. The van der Waals surface area contributed by atoms with Gasteiger partial charge in [0.2, 0.25) is 0 Å². The predicted octanol–water partition coefficient (Wildman–Crippen LogP) is 4.86. The van der Waals surface area contributed by atoms with Gasteiger partial charge in [0.25, 0.3) is 0 Å². The van der Waals surface area contributed by atoms with Crippen molar-refractivity contribution in [1.29, 1.82) is 0 Å². The monoisotopic (exact) mass is 364 g/mol. The van der Waals surface area contributed by atoms with Crippen molar-refractivity contribution in [3.8, 4) is 0 Å². The van der Waals surface area contributed by atoms with Gasteiger partial charge in [-0.2, -0.15) is 0 Å². The van der Waals surface area contributed by atoms with Gasteiger partial charge < -0.3 is 10.5 Å². The molecule has 0 amide bonds. The molecule has 0 bridgehead atoms. The zero-order valence-electron chi connectivity index (χ0n) is 13.9. The molecule has 3 nitrogen and oxygen atoms in total. The lowest BCUT2D eigenvalue weighted by molar-refractivity contribution is 0.212. The summed E-state index contributed by atoms with van der Waals surface area (Å²) in [6, 6.07) is 1.92. The van der Waals surface area contributed by atoms with Gasteiger partial charge in [-0.15, -0.1) is 0 Å². The van der Waals surface area contributed by atoms with Crippen molar-refractivity contribution in [2.24, 2.45) is 10.7 Å². The van der Waals surface area contributed by atoms with E-state index in [1.54, 1.807) is 18.2 Å². The Hall–Kier alpha value is -2.66. The van der Waals surface area contributed by atoms with Crippen molar-refractivity contribution in [1.82, 2.24) is 0 Å². The average Bonchev–Trinajstić information content (AvgIpc) is 2.60. The summed E-state index contributed by atoms with van der Waals surface area (Å²) < 4.78 is 32.8. The topological polar surface area (TPSA) is 47.6 Å². The van der Waals surface area contributed by atoms with Gasteiger partial charge in [-0.25, -0.2) is 8.78 Å². The maximum Gasteiger partial charge on any atom is 0.162 e. The van der Waals surface area contributed by atoms with Crippen LogP contribution in [0, 0.1) is 11.6 Å². The summed E-state index contributed by atoms with van der Waals surface area (Å²) in [7, 11) is 1.47. The van der Waals surface area contributed by atoms with E-state index in [1.807, 2.05) is 0 Å². The largest absolute Gasteiger partial charge is 0.485 e. The molecule has 0 unspecified atom stereocenters. The Kier molecular flexibility index (Phi) is 7.82. The highest BCUT2D eigenvalue weighted by atomic mass is 35.5. The fraction of sp³-hybridized carbons (Fsp3) is 0.105. The number of nitrogens with zero attached hydrogens (tertiary/aromatic N) is 1. The van der Waals surface area contributed by atoms with E-state index >= 15 is 0 Å². The molecule has 0 heterocycles. The van der Waals surface area contributed by atoms with Crippen LogP contribution in [0.2, 0.25) is 5.02 Å². The van der Waals surface area contributed by atoms with Crippen LogP contribution < -0.4 is 5.73 Å². The number of rotatable bonds is 8. The van der Waals surface area contributed by atoms with Crippen molar-refractivity contribution < 1.29 is 13.5 Å². The summed E-state index contributed by atoms with van der Waals surface area (Å²) in [5.74, 6) is -1.22. The number of amidine groups is 1. The maximum atomic E-state index is 13.8. The van der Waals surface area contributed by atoms with E-state index in [0.717, 1.165) is 12.1 Å². The van der Waals surface area contributed by atoms with Crippen LogP contribution >= 0.6 is 11.6 Å². The summed E-state index contributed by atoms with van der Waals surface area (Å²) in [5, 5.41) is -0.344. The zero-order valence-corrected chi connectivity index (χ0v) is 14.6. The summed E-state index contributed by atoms with van der Waals surface area (Å²) in [4.78, 5) is 3.83. The van der Waals surface area contributed by atoms with E-state index in [0.29, 0.717) is 11.1 Å². The van der Waals surface area contributed by atoms with Crippen LogP contribution in [0.4, 0.5) is 8.78 Å². The van der Waals surface area contributed by atoms with Crippen LogP contribution in [-0.4, -0.2) is 12.9 Å². The van der Waals surface area contributed by atoms with Crippen molar-refractivity contribution in [2.45, 2.75) is 6.61 Å². The van der Waals surface area contributed by atoms with Crippen molar-refractivity contribution in [3.63, 3.8) is 0 Å². The highest BCUT2D eigenvalue weighted by molar-refractivity contribution is 6.31. The zero-order chi connectivity index (χ0) is 19.0. The molecule has 1 rings (SSSR count). The van der Waals surface area contributed by atoms with Gasteiger partial charge in [0.1, 0.15) is 18.2 Å². The minimum absolute atomic E-state index is 0.0644. The van der Waals surface area contributed by atoms with E-state index in [2.05, 4.69) is 24.7 Å². The summed E-state index contributed by atoms with van der Waals surface area (Å²) in [5.41, 5.74) is 6.77. The highest BCUT2D eigenvalue weighted by Gasteiger charge is 2.14. The molecule has 0 atom stereocenters. The normalized spacial score (nSPS) is 12.3. The second kappa shape index (κ2) is 9.59. The summed E-state index contributed by atoms with van der Waals surface area (Å²) >= 11 is 5.78. The first-order valence-corrected chi connectivity index (χ1v) is 7.56. The molecule has 25 heavy (non-hydrogen) atoms. The van der Waals surface area contributed by atoms with E-state index < -0.39 is 11.6 Å². The summed E-state index contributed by atoms with van der Waals surface area (Å²) in [6.07, 6.45) is 6.49. The number of benzene rings is 1. The minimum atomic E-state index is -0.739. The van der Waals surface area contributed by atoms with Crippen LogP contribution in [0.5, 0.6) is 0 Å². The molecule has 6 heteroatoms. The third-order valence-corrected chi connectivity index (χ3v) is 3.56. The molecule has 0 fully saturated rings. The first-order valence-electron chi connectivity index (χ1n) is 7.18. The number of hydrogen-bond acceptors (Lipinski definition) is 2. The molecule has 132 valence electrons. The Labute approximate surface area is 151 Å². The Morgan fingerprint density at radius 1 is 1.28 bits per heavy atom. The number of nitrogens with two attached hydrogens (primary N) is 1. The van der Waals surface area contributed by atoms with Crippen molar-refractivity contribution in [3.05, 3.63) is 95.3 Å². The maximum absolute atomic E-state index is 13.8. The van der Waals surface area contributed by atoms with Crippen molar-refractivity contribution >= 4 is 17.4 Å². The molecule has 0 radical (unpaired) electrons. The first-order chi connectivity index (χ1) is 11.8. The quantitative estimate of drug-likeness (QED) is 0.235. The number of allylic oxidation sites excluding steroid dienone is 6. The fourth-order valence-corrected chi connectivity index (χ4v) is 1.90. The molecular formula is C19H19ClF2N2O. The standard InChI is InChI=1S/C19H19ClF2N2O/c1-5-6-7-12(2)13(3)10-17(19(23)24-4)25-11-14-15(21)8-9-16(22)18(14)20/h5-10H,1-3,11H2,4H3,(H2,23,24)/b7-6-,17-10+. The van der Waals surface area contributed by atoms with E-state index in [-0.39, 0.29) is 28.8 Å². The number of halogens is 3. The second-order valence-corrected chi connectivity index (χ2v) is 5.25. The van der Waals surface area contributed by atoms with E-state index in [1.165, 1.54) is 13.1 Å². The van der Waals surface area contributed by atoms with Gasteiger partial charge in [0.15, 0.2) is 11.6 Å². The third-order valence-electron chi connectivity index (χ3n) is 3.16. The fourth-order valence-electron chi connectivity index (χ4n) is 1.69. The van der Waals surface area contributed by atoms with Gasteiger partial charge >= 0.3 is 0 Å². The van der Waals surface area contributed by atoms with Gasteiger partial charge in [-0.05, 0) is 29.4 Å². The van der Waals surface area contributed by atoms with Crippen LogP contribution in [0.15, 0.2) is 78.1 Å². The van der Waals surface area contributed by atoms with Crippen LogP contribution in [0.25, 0.3) is 0 Å². The first kappa shape index (κ1) is 20.4. The van der Waals surface area contributed by atoms with Gasteiger partial charge in [0, 0.05) is 12.6 Å². The van der Waals surface area contributed by atoms with Crippen LogP contribution in [0.3, 0.4) is 0 Å². The molecule has 1 aromatic carbocycles. The number of ether oxygens (including phenoxy) is 1. The number of hydrogen-bond donors (Lipinski definition) is 1. The average molecular weight is 365 g/mol. The van der Waals surface area contributed by atoms with Crippen molar-refractivity contribution in [2.75, 3.05) is 7.05 Å². The van der Waals surface area contributed by atoms with Crippen LogP contribution in [-0.2, 0) is 11.3 Å².